The molecule has 3 aromatic carbocycles. The van der Waals surface area contributed by atoms with E-state index in [1.54, 1.807) is 7.11 Å². The van der Waals surface area contributed by atoms with Gasteiger partial charge in [-0.25, -0.2) is 0 Å². The van der Waals surface area contributed by atoms with Crippen LogP contribution in [0.2, 0.25) is 5.02 Å². The van der Waals surface area contributed by atoms with Crippen LogP contribution in [0.1, 0.15) is 5.56 Å². The van der Waals surface area contributed by atoms with Crippen molar-refractivity contribution < 1.29 is 9.53 Å². The number of hydrogen-bond acceptors (Lipinski definition) is 5. The molecule has 0 atom stereocenters. The average Bonchev–Trinajstić information content (AvgIpc) is 3.24. The van der Waals surface area contributed by atoms with Crippen LogP contribution in [-0.4, -0.2) is 33.5 Å². The summed E-state index contributed by atoms with van der Waals surface area (Å²) in [5, 5.41) is 12.9. The van der Waals surface area contributed by atoms with E-state index in [0.717, 1.165) is 32.7 Å². The predicted octanol–water partition coefficient (Wildman–Crippen LogP) is 6.40. The van der Waals surface area contributed by atoms with E-state index in [4.69, 9.17) is 16.3 Å². The van der Waals surface area contributed by atoms with Crippen LogP contribution < -0.4 is 10.1 Å². The zero-order chi connectivity index (χ0) is 23.4. The summed E-state index contributed by atoms with van der Waals surface area (Å²) in [5.74, 6) is 1.47. The van der Waals surface area contributed by atoms with Crippen LogP contribution in [0.15, 0.2) is 76.4 Å². The Bertz CT molecular complexity index is 1280. The van der Waals surface area contributed by atoms with Gasteiger partial charge in [-0.05, 0) is 79.2 Å². The molecule has 168 valence electrons. The fourth-order valence-corrected chi connectivity index (χ4v) is 4.29. The molecular weight excluding hydrogens is 524 g/mol. The van der Waals surface area contributed by atoms with Crippen molar-refractivity contribution in [3.05, 3.63) is 81.8 Å². The van der Waals surface area contributed by atoms with Crippen molar-refractivity contribution in [2.24, 2.45) is 0 Å². The molecule has 0 aliphatic rings. The molecular formula is C24H20BrClN4O2S. The molecule has 0 radical (unpaired) electrons. The number of aromatic nitrogens is 3. The minimum Gasteiger partial charge on any atom is -0.497 e. The van der Waals surface area contributed by atoms with Crippen molar-refractivity contribution in [1.29, 1.82) is 0 Å². The van der Waals surface area contributed by atoms with Gasteiger partial charge in [-0.2, -0.15) is 0 Å². The third kappa shape index (κ3) is 5.58. The maximum atomic E-state index is 12.6. The van der Waals surface area contributed by atoms with Crippen LogP contribution in [0.5, 0.6) is 5.75 Å². The van der Waals surface area contributed by atoms with Crippen molar-refractivity contribution in [2.75, 3.05) is 18.2 Å². The molecule has 4 rings (SSSR count). The number of nitrogens with one attached hydrogen (secondary N) is 1. The first-order valence-corrected chi connectivity index (χ1v) is 12.1. The Labute approximate surface area is 209 Å². The van der Waals surface area contributed by atoms with Gasteiger partial charge in [-0.3, -0.25) is 9.36 Å². The molecule has 0 saturated carbocycles. The number of carbonyl (C=O) groups excluding carboxylic acids is 1. The molecule has 9 heteroatoms. The number of aryl methyl sites for hydroxylation is 1. The lowest BCUT2D eigenvalue weighted by atomic mass is 10.2. The Morgan fingerprint density at radius 1 is 1.09 bits per heavy atom. The van der Waals surface area contributed by atoms with Crippen molar-refractivity contribution in [3.8, 4) is 22.8 Å². The van der Waals surface area contributed by atoms with Crippen LogP contribution >= 0.6 is 39.3 Å². The monoisotopic (exact) mass is 542 g/mol. The molecule has 0 bridgehead atoms. The number of anilines is 1. The lowest BCUT2D eigenvalue weighted by Crippen LogP contribution is -2.14. The van der Waals surface area contributed by atoms with Gasteiger partial charge in [-0.15, -0.1) is 10.2 Å². The maximum absolute atomic E-state index is 12.6. The fourth-order valence-electron chi connectivity index (χ4n) is 3.16. The van der Waals surface area contributed by atoms with Gasteiger partial charge >= 0.3 is 0 Å². The van der Waals surface area contributed by atoms with E-state index in [-0.39, 0.29) is 11.7 Å². The Morgan fingerprint density at radius 3 is 2.48 bits per heavy atom. The molecule has 0 aliphatic carbocycles. The predicted molar refractivity (Wildman–Crippen MR) is 137 cm³/mol. The highest BCUT2D eigenvalue weighted by Crippen LogP contribution is 2.30. The molecule has 0 saturated heterocycles. The highest BCUT2D eigenvalue weighted by molar-refractivity contribution is 9.10. The second-order valence-corrected chi connectivity index (χ2v) is 9.38. The van der Waals surface area contributed by atoms with Gasteiger partial charge in [0.1, 0.15) is 5.75 Å². The zero-order valence-corrected chi connectivity index (χ0v) is 21.0. The minimum atomic E-state index is -0.127. The van der Waals surface area contributed by atoms with Gasteiger partial charge in [0.2, 0.25) is 5.91 Å². The molecule has 1 amide bonds. The second-order valence-electron chi connectivity index (χ2n) is 7.15. The number of carbonyl (C=O) groups is 1. The first-order valence-electron chi connectivity index (χ1n) is 9.99. The molecule has 0 aliphatic heterocycles. The Kier molecular flexibility index (Phi) is 7.37. The number of nitrogens with zero attached hydrogens (tertiary/aromatic N) is 3. The summed E-state index contributed by atoms with van der Waals surface area (Å²) >= 11 is 10.9. The van der Waals surface area contributed by atoms with E-state index < -0.39 is 0 Å². The Morgan fingerprint density at radius 2 is 1.82 bits per heavy atom. The number of rotatable bonds is 7. The van der Waals surface area contributed by atoms with Crippen LogP contribution in [-0.2, 0) is 4.79 Å². The summed E-state index contributed by atoms with van der Waals surface area (Å²) in [7, 11) is 1.63. The van der Waals surface area contributed by atoms with E-state index in [0.29, 0.717) is 16.0 Å². The number of thioether (sulfide) groups is 1. The first-order chi connectivity index (χ1) is 15.9. The van der Waals surface area contributed by atoms with Gasteiger partial charge in [0.05, 0.1) is 12.9 Å². The van der Waals surface area contributed by atoms with Crippen molar-refractivity contribution in [2.45, 2.75) is 12.1 Å². The van der Waals surface area contributed by atoms with Gasteiger partial charge in [-0.1, -0.05) is 39.3 Å². The number of halogens is 2. The number of hydrogen-bond donors (Lipinski definition) is 1. The van der Waals surface area contributed by atoms with Crippen LogP contribution in [0, 0.1) is 6.92 Å². The molecule has 4 aromatic rings. The Hall–Kier alpha value is -2.81. The second kappa shape index (κ2) is 10.4. The van der Waals surface area contributed by atoms with Gasteiger partial charge in [0.25, 0.3) is 0 Å². The summed E-state index contributed by atoms with van der Waals surface area (Å²) in [5.41, 5.74) is 3.52. The molecule has 1 aromatic heterocycles. The average molecular weight is 544 g/mol. The van der Waals surface area contributed by atoms with E-state index in [1.807, 2.05) is 78.2 Å². The van der Waals surface area contributed by atoms with Crippen molar-refractivity contribution in [1.82, 2.24) is 14.8 Å². The normalized spacial score (nSPS) is 10.8. The number of amides is 1. The standard InChI is InChI=1S/C24H20BrClN4O2S/c1-15-13-18(7-12-21(15)25)27-22(31)14-33-24-29-28-23(16-3-10-20(32-2)11-4-16)30(24)19-8-5-17(26)6-9-19/h3-13H,14H2,1-2H3,(H,27,31). The van der Waals surface area contributed by atoms with Gasteiger partial charge in [0, 0.05) is 26.4 Å². The first kappa shape index (κ1) is 23.4. The Balaban J connectivity index is 1.59. The topological polar surface area (TPSA) is 69.0 Å². The number of methoxy groups -OCH3 is 1. The summed E-state index contributed by atoms with van der Waals surface area (Å²) in [6.45, 7) is 1.98. The quantitative estimate of drug-likeness (QED) is 0.273. The summed E-state index contributed by atoms with van der Waals surface area (Å²) < 4.78 is 8.17. The smallest absolute Gasteiger partial charge is 0.234 e. The molecule has 33 heavy (non-hydrogen) atoms. The van der Waals surface area contributed by atoms with Crippen LogP contribution in [0.3, 0.4) is 0 Å². The van der Waals surface area contributed by atoms with Gasteiger partial charge < -0.3 is 10.1 Å². The van der Waals surface area contributed by atoms with Crippen LogP contribution in [0.4, 0.5) is 5.69 Å². The largest absolute Gasteiger partial charge is 0.497 e. The SMILES string of the molecule is COc1ccc(-c2nnc(SCC(=O)Nc3ccc(Br)c(C)c3)n2-c2ccc(Cl)cc2)cc1. The number of benzene rings is 3. The minimum absolute atomic E-state index is 0.127. The molecule has 6 nitrogen and oxygen atoms in total. The van der Waals surface area contributed by atoms with Crippen molar-refractivity contribution >= 4 is 50.9 Å². The van der Waals surface area contributed by atoms with E-state index in [1.165, 1.54) is 11.8 Å². The van der Waals surface area contributed by atoms with E-state index >= 15 is 0 Å². The number of ether oxygens (including phenoxy) is 1. The van der Waals surface area contributed by atoms with Gasteiger partial charge in [0.15, 0.2) is 11.0 Å². The summed E-state index contributed by atoms with van der Waals surface area (Å²) in [4.78, 5) is 12.6. The highest BCUT2D eigenvalue weighted by atomic mass is 79.9. The molecule has 1 N–H and O–H groups in total. The molecule has 0 fully saturated rings. The van der Waals surface area contributed by atoms with E-state index in [9.17, 15) is 4.79 Å². The van der Waals surface area contributed by atoms with Crippen molar-refractivity contribution in [3.63, 3.8) is 0 Å². The third-order valence-corrected chi connectivity index (χ3v) is 6.91. The molecule has 1 heterocycles. The lowest BCUT2D eigenvalue weighted by Gasteiger charge is -2.11. The molecule has 0 unspecified atom stereocenters. The molecule has 0 spiro atoms. The van der Waals surface area contributed by atoms with Crippen LogP contribution in [0.25, 0.3) is 17.1 Å². The highest BCUT2D eigenvalue weighted by Gasteiger charge is 2.18. The summed E-state index contributed by atoms with van der Waals surface area (Å²) in [6.07, 6.45) is 0. The maximum Gasteiger partial charge on any atom is 0.234 e. The third-order valence-electron chi connectivity index (χ3n) is 4.84. The lowest BCUT2D eigenvalue weighted by molar-refractivity contribution is -0.113. The fraction of sp³-hybridized carbons (Fsp3) is 0.125. The summed E-state index contributed by atoms with van der Waals surface area (Å²) in [6, 6.07) is 20.7. The van der Waals surface area contributed by atoms with E-state index in [2.05, 4.69) is 31.4 Å². The zero-order valence-electron chi connectivity index (χ0n) is 17.9.